The van der Waals surface area contributed by atoms with Crippen LogP contribution in [0.4, 0.5) is 17.1 Å². The molecule has 9 aromatic rings. The Bertz CT molecular complexity index is 2470. The Morgan fingerprint density at radius 2 is 1.09 bits per heavy atom. The molecule has 0 atom stereocenters. The van der Waals surface area contributed by atoms with Gasteiger partial charge in [-0.05, 0) is 71.6 Å². The first-order valence-electron chi connectivity index (χ1n) is 14.5. The van der Waals surface area contributed by atoms with E-state index in [1.165, 1.54) is 5.39 Å². The molecule has 0 saturated heterocycles. The van der Waals surface area contributed by atoms with Crippen molar-refractivity contribution in [1.29, 1.82) is 0 Å². The molecule has 3 heteroatoms. The van der Waals surface area contributed by atoms with Gasteiger partial charge in [0, 0.05) is 43.9 Å². The first-order valence-corrected chi connectivity index (χ1v) is 14.5. The lowest BCUT2D eigenvalue weighted by Crippen LogP contribution is -2.11. The first-order chi connectivity index (χ1) is 21.3. The zero-order valence-electron chi connectivity index (χ0n) is 23.2. The number of para-hydroxylation sites is 3. The van der Waals surface area contributed by atoms with E-state index in [0.717, 1.165) is 77.5 Å². The van der Waals surface area contributed by atoms with Crippen molar-refractivity contribution < 1.29 is 8.83 Å². The molecule has 202 valence electrons. The van der Waals surface area contributed by atoms with Crippen LogP contribution in [-0.2, 0) is 0 Å². The van der Waals surface area contributed by atoms with E-state index in [1.54, 1.807) is 0 Å². The minimum Gasteiger partial charge on any atom is -0.456 e. The number of furan rings is 2. The predicted octanol–water partition coefficient (Wildman–Crippen LogP) is 11.8. The molecule has 0 spiro atoms. The van der Waals surface area contributed by atoms with E-state index in [1.807, 2.05) is 12.1 Å². The normalized spacial score (nSPS) is 11.7. The first kappa shape index (κ1) is 23.9. The van der Waals surface area contributed by atoms with Crippen LogP contribution in [0, 0.1) is 0 Å². The third-order valence-electron chi connectivity index (χ3n) is 8.45. The average molecular weight is 552 g/mol. The fourth-order valence-electron chi connectivity index (χ4n) is 6.44. The summed E-state index contributed by atoms with van der Waals surface area (Å²) in [7, 11) is 0. The number of hydrogen-bond donors (Lipinski definition) is 0. The second-order valence-electron chi connectivity index (χ2n) is 10.9. The molecule has 2 aromatic heterocycles. The number of rotatable bonds is 4. The molecule has 43 heavy (non-hydrogen) atoms. The minimum atomic E-state index is 0.885. The topological polar surface area (TPSA) is 29.5 Å². The van der Waals surface area contributed by atoms with Gasteiger partial charge < -0.3 is 13.7 Å². The second-order valence-corrected chi connectivity index (χ2v) is 10.9. The van der Waals surface area contributed by atoms with Crippen LogP contribution in [0.1, 0.15) is 0 Å². The molecule has 9 rings (SSSR count). The molecule has 0 fully saturated rings. The lowest BCUT2D eigenvalue weighted by Gasteiger charge is -2.28. The molecule has 0 aliphatic rings. The quantitative estimate of drug-likeness (QED) is 0.218. The maximum Gasteiger partial charge on any atom is 0.143 e. The molecular formula is C40H25NO2. The zero-order valence-corrected chi connectivity index (χ0v) is 23.2. The highest BCUT2D eigenvalue weighted by Crippen LogP contribution is 2.44. The summed E-state index contributed by atoms with van der Waals surface area (Å²) in [5.74, 6) is 0. The maximum atomic E-state index is 6.42. The Morgan fingerprint density at radius 1 is 0.395 bits per heavy atom. The molecule has 2 heterocycles. The summed E-state index contributed by atoms with van der Waals surface area (Å²) < 4.78 is 12.6. The summed E-state index contributed by atoms with van der Waals surface area (Å²) in [5.41, 5.74) is 9.14. The molecule has 0 aliphatic heterocycles. The van der Waals surface area contributed by atoms with Gasteiger partial charge in [0.05, 0.1) is 5.69 Å². The smallest absolute Gasteiger partial charge is 0.143 e. The Kier molecular flexibility index (Phi) is 5.20. The lowest BCUT2D eigenvalue weighted by molar-refractivity contribution is 0.669. The average Bonchev–Trinajstić information content (AvgIpc) is 3.64. The van der Waals surface area contributed by atoms with E-state index in [9.17, 15) is 0 Å². The fraction of sp³-hybridized carbons (Fsp3) is 0. The van der Waals surface area contributed by atoms with Gasteiger partial charge >= 0.3 is 0 Å². The predicted molar refractivity (Wildman–Crippen MR) is 179 cm³/mol. The number of fused-ring (bicyclic) bond motifs is 8. The van der Waals surface area contributed by atoms with E-state index < -0.39 is 0 Å². The van der Waals surface area contributed by atoms with Crippen LogP contribution in [0.25, 0.3) is 65.8 Å². The van der Waals surface area contributed by atoms with Gasteiger partial charge in [0.1, 0.15) is 22.3 Å². The van der Waals surface area contributed by atoms with Crippen LogP contribution in [0.3, 0.4) is 0 Å². The third kappa shape index (κ3) is 3.75. The van der Waals surface area contributed by atoms with Crippen molar-refractivity contribution in [2.75, 3.05) is 4.90 Å². The highest BCUT2D eigenvalue weighted by atomic mass is 16.3. The third-order valence-corrected chi connectivity index (χ3v) is 8.45. The van der Waals surface area contributed by atoms with Crippen LogP contribution in [0.5, 0.6) is 0 Å². The van der Waals surface area contributed by atoms with Crippen LogP contribution in [-0.4, -0.2) is 0 Å². The van der Waals surface area contributed by atoms with E-state index in [-0.39, 0.29) is 0 Å². The standard InChI is InChI=1S/C40H25NO2/c1-2-11-28(12-3-1)41(29-20-23-38-35(25-29)32-15-7-9-17-37(32)42-38)36-16-8-6-13-30(36)27-19-22-39-34(24-27)33-21-18-26-10-4-5-14-31(26)40(33)43-39/h1-25H. The Morgan fingerprint density at radius 3 is 2.02 bits per heavy atom. The zero-order chi connectivity index (χ0) is 28.3. The molecule has 0 N–H and O–H groups in total. The molecule has 0 unspecified atom stereocenters. The summed E-state index contributed by atoms with van der Waals surface area (Å²) in [6, 6.07) is 53.2. The van der Waals surface area contributed by atoms with E-state index in [4.69, 9.17) is 8.83 Å². The van der Waals surface area contributed by atoms with Crippen LogP contribution in [0.2, 0.25) is 0 Å². The SMILES string of the molecule is c1ccc(N(c2ccc3oc4ccccc4c3c2)c2ccccc2-c2ccc3oc4c5ccccc5ccc4c3c2)cc1. The number of anilines is 3. The van der Waals surface area contributed by atoms with Crippen molar-refractivity contribution in [2.24, 2.45) is 0 Å². The Labute approximate surface area is 247 Å². The second kappa shape index (κ2) is 9.37. The summed E-state index contributed by atoms with van der Waals surface area (Å²) in [6.45, 7) is 0. The van der Waals surface area contributed by atoms with Crippen molar-refractivity contribution in [3.63, 3.8) is 0 Å². The van der Waals surface area contributed by atoms with Gasteiger partial charge in [-0.15, -0.1) is 0 Å². The monoisotopic (exact) mass is 551 g/mol. The van der Waals surface area contributed by atoms with Crippen molar-refractivity contribution in [2.45, 2.75) is 0 Å². The Balaban J connectivity index is 1.26. The summed E-state index contributed by atoms with van der Waals surface area (Å²) in [6.07, 6.45) is 0. The van der Waals surface area contributed by atoms with Gasteiger partial charge in [-0.1, -0.05) is 91.0 Å². The van der Waals surface area contributed by atoms with Crippen LogP contribution < -0.4 is 4.90 Å². The summed E-state index contributed by atoms with van der Waals surface area (Å²) >= 11 is 0. The Hall–Kier alpha value is -5.80. The maximum absolute atomic E-state index is 6.42. The fourth-order valence-corrected chi connectivity index (χ4v) is 6.44. The number of nitrogens with zero attached hydrogens (tertiary/aromatic N) is 1. The minimum absolute atomic E-state index is 0.885. The molecular weight excluding hydrogens is 526 g/mol. The van der Waals surface area contributed by atoms with Gasteiger partial charge in [0.15, 0.2) is 0 Å². The van der Waals surface area contributed by atoms with Crippen LogP contribution >= 0.6 is 0 Å². The van der Waals surface area contributed by atoms with Crippen molar-refractivity contribution in [1.82, 2.24) is 0 Å². The van der Waals surface area contributed by atoms with Crippen LogP contribution in [0.15, 0.2) is 160 Å². The van der Waals surface area contributed by atoms with E-state index in [2.05, 4.69) is 144 Å². The molecule has 0 amide bonds. The molecule has 3 nitrogen and oxygen atoms in total. The van der Waals surface area contributed by atoms with Crippen molar-refractivity contribution in [3.05, 3.63) is 152 Å². The van der Waals surface area contributed by atoms with Gasteiger partial charge in [-0.3, -0.25) is 0 Å². The highest BCUT2D eigenvalue weighted by Gasteiger charge is 2.19. The molecule has 0 saturated carbocycles. The number of benzene rings is 7. The summed E-state index contributed by atoms with van der Waals surface area (Å²) in [5, 5.41) is 6.78. The van der Waals surface area contributed by atoms with E-state index >= 15 is 0 Å². The highest BCUT2D eigenvalue weighted by molar-refractivity contribution is 6.15. The van der Waals surface area contributed by atoms with Crippen molar-refractivity contribution >= 4 is 71.7 Å². The number of hydrogen-bond acceptors (Lipinski definition) is 3. The van der Waals surface area contributed by atoms with Gasteiger partial charge in [0.25, 0.3) is 0 Å². The molecule has 0 bridgehead atoms. The molecule has 0 radical (unpaired) electrons. The largest absolute Gasteiger partial charge is 0.456 e. The van der Waals surface area contributed by atoms with Crippen molar-refractivity contribution in [3.8, 4) is 11.1 Å². The molecule has 7 aromatic carbocycles. The van der Waals surface area contributed by atoms with Gasteiger partial charge in [0.2, 0.25) is 0 Å². The van der Waals surface area contributed by atoms with Gasteiger partial charge in [-0.2, -0.15) is 0 Å². The van der Waals surface area contributed by atoms with Gasteiger partial charge in [-0.25, -0.2) is 0 Å². The lowest BCUT2D eigenvalue weighted by atomic mass is 9.99. The summed E-state index contributed by atoms with van der Waals surface area (Å²) in [4.78, 5) is 2.34. The molecule has 0 aliphatic carbocycles. The van der Waals surface area contributed by atoms with E-state index in [0.29, 0.717) is 0 Å².